The Bertz CT molecular complexity index is 615. The van der Waals surface area contributed by atoms with E-state index in [4.69, 9.17) is 9.47 Å². The van der Waals surface area contributed by atoms with Gasteiger partial charge in [0, 0.05) is 18.2 Å². The minimum Gasteiger partial charge on any atom is -0.508 e. The van der Waals surface area contributed by atoms with E-state index in [2.05, 4.69) is 5.32 Å². The summed E-state index contributed by atoms with van der Waals surface area (Å²) in [4.78, 5) is 12.2. The number of benzene rings is 2. The standard InChI is InChI=1S/C17H19NO4/c1-21-15-9-13(10-16(11-15)22-2)17(20)18-8-7-12-3-5-14(19)6-4-12/h3-6,9-11,19H,7-8H2,1-2H3,(H,18,20). The van der Waals surface area contributed by atoms with Crippen LogP contribution in [-0.4, -0.2) is 31.8 Å². The van der Waals surface area contributed by atoms with E-state index in [-0.39, 0.29) is 11.7 Å². The van der Waals surface area contributed by atoms with Gasteiger partial charge in [0.2, 0.25) is 0 Å². The Morgan fingerprint density at radius 3 is 2.18 bits per heavy atom. The molecule has 0 radical (unpaired) electrons. The lowest BCUT2D eigenvalue weighted by molar-refractivity contribution is 0.0953. The molecule has 0 atom stereocenters. The second-order valence-corrected chi connectivity index (χ2v) is 4.77. The molecule has 0 fully saturated rings. The number of amides is 1. The number of carbonyl (C=O) groups is 1. The van der Waals surface area contributed by atoms with Crippen molar-refractivity contribution in [3.63, 3.8) is 0 Å². The van der Waals surface area contributed by atoms with Gasteiger partial charge in [0.05, 0.1) is 14.2 Å². The fourth-order valence-corrected chi connectivity index (χ4v) is 2.02. The van der Waals surface area contributed by atoms with Gasteiger partial charge in [0.15, 0.2) is 0 Å². The SMILES string of the molecule is COc1cc(OC)cc(C(=O)NCCc2ccc(O)cc2)c1. The van der Waals surface area contributed by atoms with E-state index in [1.54, 1.807) is 44.6 Å². The fourth-order valence-electron chi connectivity index (χ4n) is 2.02. The van der Waals surface area contributed by atoms with Crippen LogP contribution in [0.15, 0.2) is 42.5 Å². The third kappa shape index (κ3) is 4.15. The second-order valence-electron chi connectivity index (χ2n) is 4.77. The minimum atomic E-state index is -0.184. The van der Waals surface area contributed by atoms with Crippen LogP contribution in [0.2, 0.25) is 0 Å². The number of phenols is 1. The number of carbonyl (C=O) groups excluding carboxylic acids is 1. The third-order valence-corrected chi connectivity index (χ3v) is 3.25. The first kappa shape index (κ1) is 15.7. The molecular weight excluding hydrogens is 282 g/mol. The van der Waals surface area contributed by atoms with Gasteiger partial charge in [-0.15, -0.1) is 0 Å². The molecule has 116 valence electrons. The maximum absolute atomic E-state index is 12.2. The smallest absolute Gasteiger partial charge is 0.251 e. The highest BCUT2D eigenvalue weighted by atomic mass is 16.5. The Labute approximate surface area is 129 Å². The van der Waals surface area contributed by atoms with Crippen LogP contribution in [0.3, 0.4) is 0 Å². The average molecular weight is 301 g/mol. The van der Waals surface area contributed by atoms with Crippen LogP contribution in [-0.2, 0) is 6.42 Å². The van der Waals surface area contributed by atoms with Gasteiger partial charge in [-0.3, -0.25) is 4.79 Å². The summed E-state index contributed by atoms with van der Waals surface area (Å²) in [6.07, 6.45) is 0.688. The molecule has 2 aromatic rings. The van der Waals surface area contributed by atoms with E-state index in [1.165, 1.54) is 0 Å². The van der Waals surface area contributed by atoms with Crippen molar-refractivity contribution in [1.82, 2.24) is 5.32 Å². The molecule has 2 rings (SSSR count). The average Bonchev–Trinajstić information content (AvgIpc) is 2.56. The number of hydrogen-bond donors (Lipinski definition) is 2. The summed E-state index contributed by atoms with van der Waals surface area (Å²) in [7, 11) is 3.09. The van der Waals surface area contributed by atoms with E-state index in [0.29, 0.717) is 30.0 Å². The number of hydrogen-bond acceptors (Lipinski definition) is 4. The number of nitrogens with one attached hydrogen (secondary N) is 1. The number of ether oxygens (including phenoxy) is 2. The van der Waals surface area contributed by atoms with Crippen molar-refractivity contribution < 1.29 is 19.4 Å². The fraction of sp³-hybridized carbons (Fsp3) is 0.235. The van der Waals surface area contributed by atoms with Crippen molar-refractivity contribution in [2.75, 3.05) is 20.8 Å². The van der Waals surface area contributed by atoms with E-state index < -0.39 is 0 Å². The summed E-state index contributed by atoms with van der Waals surface area (Å²) in [6.45, 7) is 0.503. The molecule has 0 aliphatic rings. The van der Waals surface area contributed by atoms with Crippen LogP contribution in [0.1, 0.15) is 15.9 Å². The normalized spacial score (nSPS) is 10.1. The molecule has 0 saturated heterocycles. The van der Waals surface area contributed by atoms with Gasteiger partial charge in [-0.05, 0) is 36.2 Å². The number of rotatable bonds is 6. The predicted molar refractivity (Wildman–Crippen MR) is 83.7 cm³/mol. The van der Waals surface area contributed by atoms with Crippen LogP contribution in [0.4, 0.5) is 0 Å². The summed E-state index contributed by atoms with van der Waals surface area (Å²) in [5, 5.41) is 12.1. The van der Waals surface area contributed by atoms with Crippen molar-refractivity contribution >= 4 is 5.91 Å². The lowest BCUT2D eigenvalue weighted by Gasteiger charge is -2.09. The molecule has 2 N–H and O–H groups in total. The van der Waals surface area contributed by atoms with Crippen molar-refractivity contribution in [3.05, 3.63) is 53.6 Å². The van der Waals surface area contributed by atoms with E-state index in [0.717, 1.165) is 5.56 Å². The van der Waals surface area contributed by atoms with E-state index >= 15 is 0 Å². The second kappa shape index (κ2) is 7.36. The van der Waals surface area contributed by atoms with Crippen LogP contribution in [0.25, 0.3) is 0 Å². The van der Waals surface area contributed by atoms with Crippen molar-refractivity contribution in [1.29, 1.82) is 0 Å². The molecule has 1 amide bonds. The largest absolute Gasteiger partial charge is 0.508 e. The molecule has 22 heavy (non-hydrogen) atoms. The van der Waals surface area contributed by atoms with Crippen molar-refractivity contribution in [2.24, 2.45) is 0 Å². The van der Waals surface area contributed by atoms with Gasteiger partial charge in [0.25, 0.3) is 5.91 Å². The van der Waals surface area contributed by atoms with Crippen LogP contribution < -0.4 is 14.8 Å². The van der Waals surface area contributed by atoms with Gasteiger partial charge in [-0.1, -0.05) is 12.1 Å². The molecule has 2 aromatic carbocycles. The Balaban J connectivity index is 1.95. The lowest BCUT2D eigenvalue weighted by atomic mass is 10.1. The minimum absolute atomic E-state index is 0.184. The predicted octanol–water partition coefficient (Wildman–Crippen LogP) is 2.38. The van der Waals surface area contributed by atoms with Crippen LogP contribution in [0.5, 0.6) is 17.2 Å². The Kier molecular flexibility index (Phi) is 5.25. The number of aromatic hydroxyl groups is 1. The first-order valence-electron chi connectivity index (χ1n) is 6.91. The van der Waals surface area contributed by atoms with Crippen LogP contribution in [0, 0.1) is 0 Å². The Morgan fingerprint density at radius 2 is 1.64 bits per heavy atom. The first-order valence-corrected chi connectivity index (χ1v) is 6.91. The summed E-state index contributed by atoms with van der Waals surface area (Å²) < 4.78 is 10.3. The topological polar surface area (TPSA) is 67.8 Å². The highest BCUT2D eigenvalue weighted by Crippen LogP contribution is 2.22. The zero-order valence-electron chi connectivity index (χ0n) is 12.6. The summed E-state index contributed by atoms with van der Waals surface area (Å²) in [6, 6.07) is 12.0. The van der Waals surface area contributed by atoms with Crippen molar-refractivity contribution in [3.8, 4) is 17.2 Å². The maximum atomic E-state index is 12.2. The molecule has 0 saturated carbocycles. The molecule has 5 heteroatoms. The third-order valence-electron chi connectivity index (χ3n) is 3.25. The highest BCUT2D eigenvalue weighted by Gasteiger charge is 2.09. The van der Waals surface area contributed by atoms with Gasteiger partial charge in [-0.25, -0.2) is 0 Å². The molecule has 0 aliphatic heterocycles. The monoisotopic (exact) mass is 301 g/mol. The zero-order valence-corrected chi connectivity index (χ0v) is 12.6. The molecule has 0 unspecified atom stereocenters. The van der Waals surface area contributed by atoms with E-state index in [9.17, 15) is 9.90 Å². The number of methoxy groups -OCH3 is 2. The molecule has 0 aliphatic carbocycles. The zero-order chi connectivity index (χ0) is 15.9. The quantitative estimate of drug-likeness (QED) is 0.859. The van der Waals surface area contributed by atoms with Gasteiger partial charge < -0.3 is 19.9 Å². The van der Waals surface area contributed by atoms with Crippen molar-refractivity contribution in [2.45, 2.75) is 6.42 Å². The Hall–Kier alpha value is -2.69. The molecule has 0 heterocycles. The van der Waals surface area contributed by atoms with Gasteiger partial charge in [0.1, 0.15) is 17.2 Å². The molecular formula is C17H19NO4. The summed E-state index contributed by atoms with van der Waals surface area (Å²) in [5.41, 5.74) is 1.53. The van der Waals surface area contributed by atoms with Crippen LogP contribution >= 0.6 is 0 Å². The molecule has 0 bridgehead atoms. The molecule has 0 aromatic heterocycles. The lowest BCUT2D eigenvalue weighted by Crippen LogP contribution is -2.25. The van der Waals surface area contributed by atoms with Gasteiger partial charge in [-0.2, -0.15) is 0 Å². The molecule has 5 nitrogen and oxygen atoms in total. The highest BCUT2D eigenvalue weighted by molar-refractivity contribution is 5.95. The number of phenolic OH excluding ortho intramolecular Hbond substituents is 1. The maximum Gasteiger partial charge on any atom is 0.251 e. The Morgan fingerprint density at radius 1 is 1.05 bits per heavy atom. The summed E-state index contributed by atoms with van der Waals surface area (Å²) in [5.74, 6) is 1.19. The van der Waals surface area contributed by atoms with E-state index in [1.807, 2.05) is 12.1 Å². The molecule has 0 spiro atoms. The first-order chi connectivity index (χ1) is 10.6. The van der Waals surface area contributed by atoms with Gasteiger partial charge >= 0.3 is 0 Å². The summed E-state index contributed by atoms with van der Waals surface area (Å²) >= 11 is 0.